The van der Waals surface area contributed by atoms with Crippen LogP contribution in [0.15, 0.2) is 24.3 Å². The van der Waals surface area contributed by atoms with Crippen molar-refractivity contribution in [3.05, 3.63) is 24.3 Å². The molecule has 0 bridgehead atoms. The number of allylic oxidation sites excluding steroid dienone is 4. The van der Waals surface area contributed by atoms with Crippen LogP contribution in [0.3, 0.4) is 0 Å². The minimum absolute atomic E-state index is 1.23. The molecule has 3 nitrogen and oxygen atoms in total. The van der Waals surface area contributed by atoms with Crippen LogP contribution in [-0.4, -0.2) is 11.2 Å². The van der Waals surface area contributed by atoms with Gasteiger partial charge in [0.1, 0.15) is 0 Å². The minimum Gasteiger partial charge on any atom is -0.465 e. The lowest BCUT2D eigenvalue weighted by Crippen LogP contribution is -2.03. The molecule has 0 atom stereocenters. The Morgan fingerprint density at radius 3 is 1.70 bits per heavy atom. The fourth-order valence-corrected chi connectivity index (χ4v) is 0.542. The average molecular weight is 141 g/mol. The van der Waals surface area contributed by atoms with Gasteiger partial charge >= 0.3 is 6.09 Å². The van der Waals surface area contributed by atoms with Crippen LogP contribution in [0.5, 0.6) is 0 Å². The lowest BCUT2D eigenvalue weighted by molar-refractivity contribution is 0.205. The summed E-state index contributed by atoms with van der Waals surface area (Å²) in [6.45, 7) is 0. The van der Waals surface area contributed by atoms with E-state index in [4.69, 9.17) is 9.90 Å². The maximum absolute atomic E-state index is 8.78. The van der Waals surface area contributed by atoms with E-state index >= 15 is 0 Å². The Labute approximate surface area is 59.8 Å². The highest BCUT2D eigenvalue weighted by molar-refractivity contribution is 5.61. The normalized spacial score (nSPS) is 13.6. The summed E-state index contributed by atoms with van der Waals surface area (Å²) in [5.41, 5.74) is 4.03. The van der Waals surface area contributed by atoms with E-state index < -0.39 is 6.09 Å². The van der Waals surface area contributed by atoms with E-state index in [1.165, 1.54) is 12.8 Å². The number of carboxylic acid groups (broad SMARTS) is 1. The van der Waals surface area contributed by atoms with Gasteiger partial charge in [-0.3, -0.25) is 0 Å². The van der Waals surface area contributed by atoms with E-state index in [1.807, 2.05) is 0 Å². The van der Waals surface area contributed by atoms with Crippen molar-refractivity contribution in [3.63, 3.8) is 0 Å². The molecular formula is C7H11NO2. The standard InChI is InChI=1S/C6H8.CH3NO2/c1-2-4-6-5-3-1;2-1(3)4/h1-4H,5-6H2;2H2,(H,3,4). The first kappa shape index (κ1) is 8.75. The molecule has 0 radical (unpaired) electrons. The number of amides is 1. The Morgan fingerprint density at radius 1 is 1.30 bits per heavy atom. The van der Waals surface area contributed by atoms with Crippen LogP contribution in [0.4, 0.5) is 4.79 Å². The second-order valence-electron chi connectivity index (χ2n) is 1.77. The second-order valence-corrected chi connectivity index (χ2v) is 1.77. The van der Waals surface area contributed by atoms with Crippen LogP contribution < -0.4 is 5.73 Å². The van der Waals surface area contributed by atoms with Gasteiger partial charge in [-0.1, -0.05) is 24.3 Å². The van der Waals surface area contributed by atoms with Gasteiger partial charge in [-0.2, -0.15) is 0 Å². The van der Waals surface area contributed by atoms with Gasteiger partial charge < -0.3 is 10.8 Å². The zero-order valence-corrected chi connectivity index (χ0v) is 5.66. The molecule has 0 fully saturated rings. The summed E-state index contributed by atoms with van der Waals surface area (Å²) in [6.07, 6.45) is 9.67. The van der Waals surface area contributed by atoms with Gasteiger partial charge in [-0.05, 0) is 12.8 Å². The van der Waals surface area contributed by atoms with E-state index in [0.29, 0.717) is 0 Å². The van der Waals surface area contributed by atoms with Crippen molar-refractivity contribution < 1.29 is 9.90 Å². The number of hydrogen-bond acceptors (Lipinski definition) is 1. The van der Waals surface area contributed by atoms with Gasteiger partial charge in [0.05, 0.1) is 0 Å². The zero-order chi connectivity index (χ0) is 7.82. The van der Waals surface area contributed by atoms with Gasteiger partial charge in [0, 0.05) is 0 Å². The molecule has 0 saturated heterocycles. The number of nitrogens with two attached hydrogens (primary N) is 1. The summed E-state index contributed by atoms with van der Waals surface area (Å²) in [7, 11) is 0. The van der Waals surface area contributed by atoms with Crippen LogP contribution >= 0.6 is 0 Å². The predicted octanol–water partition coefficient (Wildman–Crippen LogP) is 1.52. The molecule has 56 valence electrons. The number of carbonyl (C=O) groups is 1. The van der Waals surface area contributed by atoms with Crippen LogP contribution in [0.25, 0.3) is 0 Å². The van der Waals surface area contributed by atoms with Gasteiger partial charge in [0.25, 0.3) is 0 Å². The number of hydrogen-bond donors (Lipinski definition) is 2. The largest absolute Gasteiger partial charge is 0.465 e. The Kier molecular flexibility index (Phi) is 5.14. The molecule has 0 aromatic carbocycles. The molecule has 10 heavy (non-hydrogen) atoms. The van der Waals surface area contributed by atoms with Crippen molar-refractivity contribution in [1.29, 1.82) is 0 Å². The molecule has 1 aliphatic carbocycles. The summed E-state index contributed by atoms with van der Waals surface area (Å²) in [6, 6.07) is 0. The first-order valence-corrected chi connectivity index (χ1v) is 3.03. The van der Waals surface area contributed by atoms with Gasteiger partial charge in [-0.25, -0.2) is 4.79 Å². The minimum atomic E-state index is -1.33. The summed E-state index contributed by atoms with van der Waals surface area (Å²) in [5.74, 6) is 0. The molecule has 1 aliphatic rings. The molecule has 0 heterocycles. The second kappa shape index (κ2) is 5.88. The van der Waals surface area contributed by atoms with E-state index in [0.717, 1.165) is 0 Å². The van der Waals surface area contributed by atoms with Crippen LogP contribution in [0.2, 0.25) is 0 Å². The van der Waals surface area contributed by atoms with Crippen molar-refractivity contribution in [2.24, 2.45) is 5.73 Å². The molecule has 1 amide bonds. The predicted molar refractivity (Wildman–Crippen MR) is 39.7 cm³/mol. The summed E-state index contributed by atoms with van der Waals surface area (Å²) < 4.78 is 0. The molecule has 3 N–H and O–H groups in total. The zero-order valence-electron chi connectivity index (χ0n) is 5.66. The number of primary amides is 1. The SMILES string of the molecule is C1=CCCC=C1.NC(=O)O. The molecule has 0 aromatic rings. The van der Waals surface area contributed by atoms with Crippen LogP contribution in [0, 0.1) is 0 Å². The molecular weight excluding hydrogens is 130 g/mol. The highest BCUT2D eigenvalue weighted by atomic mass is 16.4. The molecule has 0 saturated carbocycles. The fraction of sp³-hybridized carbons (Fsp3) is 0.286. The first-order valence-electron chi connectivity index (χ1n) is 3.03. The van der Waals surface area contributed by atoms with E-state index in [1.54, 1.807) is 0 Å². The van der Waals surface area contributed by atoms with E-state index in [9.17, 15) is 0 Å². The van der Waals surface area contributed by atoms with Crippen LogP contribution in [0.1, 0.15) is 12.8 Å². The highest BCUT2D eigenvalue weighted by Gasteiger charge is 1.77. The van der Waals surface area contributed by atoms with E-state index in [-0.39, 0.29) is 0 Å². The summed E-state index contributed by atoms with van der Waals surface area (Å²) >= 11 is 0. The average Bonchev–Trinajstić information content (AvgIpc) is 1.90. The molecule has 3 heteroatoms. The third kappa shape index (κ3) is 9.89. The van der Waals surface area contributed by atoms with Crippen molar-refractivity contribution in [3.8, 4) is 0 Å². The Bertz CT molecular complexity index is 134. The Morgan fingerprint density at radius 2 is 1.60 bits per heavy atom. The summed E-state index contributed by atoms with van der Waals surface area (Å²) in [4.78, 5) is 8.78. The molecule has 0 unspecified atom stereocenters. The third-order valence-electron chi connectivity index (χ3n) is 0.883. The number of rotatable bonds is 0. The topological polar surface area (TPSA) is 63.3 Å². The molecule has 0 aromatic heterocycles. The summed E-state index contributed by atoms with van der Waals surface area (Å²) in [5, 5.41) is 7.19. The monoisotopic (exact) mass is 141 g/mol. The third-order valence-corrected chi connectivity index (χ3v) is 0.883. The maximum Gasteiger partial charge on any atom is 0.402 e. The van der Waals surface area contributed by atoms with Crippen molar-refractivity contribution >= 4 is 6.09 Å². The molecule has 0 aliphatic heterocycles. The maximum atomic E-state index is 8.78. The van der Waals surface area contributed by atoms with Crippen molar-refractivity contribution in [2.45, 2.75) is 12.8 Å². The lowest BCUT2D eigenvalue weighted by atomic mass is 10.2. The lowest BCUT2D eigenvalue weighted by Gasteiger charge is -1.88. The quantitative estimate of drug-likeness (QED) is 0.537. The first-order chi connectivity index (χ1) is 4.73. The Balaban J connectivity index is 0.000000180. The van der Waals surface area contributed by atoms with Crippen LogP contribution in [-0.2, 0) is 0 Å². The Hall–Kier alpha value is -1.25. The van der Waals surface area contributed by atoms with Gasteiger partial charge in [0.2, 0.25) is 0 Å². The fourth-order valence-electron chi connectivity index (χ4n) is 0.542. The van der Waals surface area contributed by atoms with Gasteiger partial charge in [-0.15, -0.1) is 0 Å². The van der Waals surface area contributed by atoms with E-state index in [2.05, 4.69) is 30.0 Å². The van der Waals surface area contributed by atoms with Crippen molar-refractivity contribution in [2.75, 3.05) is 0 Å². The molecule has 0 spiro atoms. The highest BCUT2D eigenvalue weighted by Crippen LogP contribution is 1.98. The van der Waals surface area contributed by atoms with Gasteiger partial charge in [0.15, 0.2) is 0 Å². The van der Waals surface area contributed by atoms with Crippen molar-refractivity contribution in [1.82, 2.24) is 0 Å². The smallest absolute Gasteiger partial charge is 0.402 e. The molecule has 1 rings (SSSR count).